The Labute approximate surface area is 263 Å². The third kappa shape index (κ3) is 4.34. The molecule has 2 heterocycles. The Morgan fingerprint density at radius 3 is 1.11 bits per heavy atom. The fourth-order valence-corrected chi connectivity index (χ4v) is 5.84. The monoisotopic (exact) mass is 610 g/mol. The minimum Gasteiger partial charge on any atom is -0.494 e. The van der Waals surface area contributed by atoms with Gasteiger partial charge in [0, 0.05) is 23.5 Å². The van der Waals surface area contributed by atoms with Gasteiger partial charge in [-0.1, -0.05) is 36.4 Å². The first kappa shape index (κ1) is 28.4. The molecule has 0 unspecified atom stereocenters. The average molecular weight is 611 g/mol. The molecule has 2 aliphatic rings. The van der Waals surface area contributed by atoms with Crippen molar-refractivity contribution in [2.45, 2.75) is 0 Å². The minimum atomic E-state index is -0.554. The number of hydrogen-bond acceptors (Lipinski definition) is 8. The van der Waals surface area contributed by atoms with Crippen LogP contribution in [-0.4, -0.2) is 37.8 Å². The number of rotatable bonds is 6. The van der Waals surface area contributed by atoms with Gasteiger partial charge in [0.2, 0.25) is 0 Å². The van der Waals surface area contributed by atoms with Crippen molar-refractivity contribution in [3.05, 3.63) is 119 Å². The molecular formula is C36H26N4O6. The molecule has 4 N–H and O–H groups in total. The average Bonchev–Trinajstić information content (AvgIpc) is 3.47. The summed E-state index contributed by atoms with van der Waals surface area (Å²) in [5.74, 6) is -2.03. The third-order valence-corrected chi connectivity index (χ3v) is 8.22. The van der Waals surface area contributed by atoms with Crippen molar-refractivity contribution in [2.24, 2.45) is 0 Å². The van der Waals surface area contributed by atoms with Crippen molar-refractivity contribution in [1.82, 2.24) is 0 Å². The topological polar surface area (TPSA) is 145 Å². The predicted molar refractivity (Wildman–Crippen MR) is 174 cm³/mol. The van der Waals surface area contributed by atoms with Crippen LogP contribution in [0.3, 0.4) is 0 Å². The molecule has 226 valence electrons. The van der Waals surface area contributed by atoms with Crippen molar-refractivity contribution in [2.75, 3.05) is 35.5 Å². The number of nitrogen functional groups attached to an aromatic ring is 2. The zero-order chi connectivity index (χ0) is 32.3. The molecule has 0 saturated carbocycles. The fourth-order valence-electron chi connectivity index (χ4n) is 5.84. The highest BCUT2D eigenvalue weighted by Crippen LogP contribution is 2.45. The number of carbonyl (C=O) groups excluding carboxylic acids is 4. The smallest absolute Gasteiger partial charge is 0.266 e. The van der Waals surface area contributed by atoms with Crippen LogP contribution >= 0.6 is 0 Å². The summed E-state index contributed by atoms with van der Waals surface area (Å²) in [5.41, 5.74) is 17.1. The van der Waals surface area contributed by atoms with Crippen molar-refractivity contribution in [3.8, 4) is 33.8 Å². The highest BCUT2D eigenvalue weighted by atomic mass is 16.5. The number of imide groups is 2. The number of ether oxygens (including phenoxy) is 2. The van der Waals surface area contributed by atoms with E-state index in [1.54, 1.807) is 60.7 Å². The Morgan fingerprint density at radius 2 is 0.761 bits per heavy atom. The highest BCUT2D eigenvalue weighted by molar-refractivity contribution is 6.36. The fraction of sp³-hybridized carbons (Fsp3) is 0.0556. The molecule has 2 aliphatic heterocycles. The number of methoxy groups -OCH3 is 2. The van der Waals surface area contributed by atoms with E-state index >= 15 is 0 Å². The molecule has 10 nitrogen and oxygen atoms in total. The molecule has 0 atom stereocenters. The number of anilines is 4. The molecule has 4 amide bonds. The maximum atomic E-state index is 13.7. The van der Waals surface area contributed by atoms with E-state index < -0.39 is 23.6 Å². The van der Waals surface area contributed by atoms with E-state index in [9.17, 15) is 19.2 Å². The van der Waals surface area contributed by atoms with Gasteiger partial charge in [-0.3, -0.25) is 19.2 Å². The summed E-state index contributed by atoms with van der Waals surface area (Å²) in [7, 11) is 2.74. The molecular weight excluding hydrogens is 584 g/mol. The summed E-state index contributed by atoms with van der Waals surface area (Å²) < 4.78 is 11.2. The minimum absolute atomic E-state index is 0.0863. The van der Waals surface area contributed by atoms with Gasteiger partial charge >= 0.3 is 0 Å². The summed E-state index contributed by atoms with van der Waals surface area (Å²) in [5, 5.41) is 0. The first-order valence-electron chi connectivity index (χ1n) is 14.2. The maximum Gasteiger partial charge on any atom is 0.266 e. The number of benzene rings is 5. The maximum absolute atomic E-state index is 13.7. The first-order valence-corrected chi connectivity index (χ1v) is 14.2. The van der Waals surface area contributed by atoms with Crippen LogP contribution in [0.2, 0.25) is 0 Å². The summed E-state index contributed by atoms with van der Waals surface area (Å²) in [4.78, 5) is 56.7. The molecule has 0 fully saturated rings. The standard InChI is InChI=1S/C36H26N4O6/c1-45-31-17-30(40-34(42)26-14-8-22(16-28(26)36(40)44)20-5-11-24(38)12-6-20)32(46-2)18-29(31)39-33(41)25-13-7-21(15-27(25)35(39)43)19-3-9-23(37)10-4-19/h3-18H,37-38H2,1-2H3. The number of hydrogen-bond donors (Lipinski definition) is 2. The van der Waals surface area contributed by atoms with E-state index in [-0.39, 0.29) is 45.1 Å². The quantitative estimate of drug-likeness (QED) is 0.181. The molecule has 0 saturated heterocycles. The second-order valence-electron chi connectivity index (χ2n) is 10.9. The Morgan fingerprint density at radius 1 is 0.435 bits per heavy atom. The van der Waals surface area contributed by atoms with E-state index in [2.05, 4.69) is 0 Å². The molecule has 0 aliphatic carbocycles. The van der Waals surface area contributed by atoms with E-state index in [0.29, 0.717) is 11.4 Å². The van der Waals surface area contributed by atoms with Gasteiger partial charge in [0.15, 0.2) is 0 Å². The molecule has 0 spiro atoms. The van der Waals surface area contributed by atoms with Gasteiger partial charge in [0.1, 0.15) is 11.5 Å². The molecule has 7 rings (SSSR count). The molecule has 5 aromatic carbocycles. The van der Waals surface area contributed by atoms with E-state index in [1.165, 1.54) is 26.4 Å². The number of nitrogens with two attached hydrogens (primary N) is 2. The normalized spacial score (nSPS) is 13.7. The van der Waals surface area contributed by atoms with Crippen molar-refractivity contribution < 1.29 is 28.7 Å². The summed E-state index contributed by atoms with van der Waals surface area (Å²) in [6, 6.07) is 27.3. The van der Waals surface area contributed by atoms with Crippen LogP contribution in [0.1, 0.15) is 41.4 Å². The highest BCUT2D eigenvalue weighted by Gasteiger charge is 2.42. The summed E-state index contributed by atoms with van der Waals surface area (Å²) in [6.45, 7) is 0. The van der Waals surface area contributed by atoms with Gasteiger partial charge in [-0.25, -0.2) is 9.80 Å². The van der Waals surface area contributed by atoms with Crippen LogP contribution in [0.4, 0.5) is 22.7 Å². The van der Waals surface area contributed by atoms with Crippen molar-refractivity contribution >= 4 is 46.4 Å². The molecule has 0 aromatic heterocycles. The van der Waals surface area contributed by atoms with Gasteiger partial charge in [0.25, 0.3) is 23.6 Å². The third-order valence-electron chi connectivity index (χ3n) is 8.22. The zero-order valence-corrected chi connectivity index (χ0v) is 24.7. The van der Waals surface area contributed by atoms with Gasteiger partial charge in [-0.15, -0.1) is 0 Å². The van der Waals surface area contributed by atoms with E-state index in [0.717, 1.165) is 32.1 Å². The van der Waals surface area contributed by atoms with Crippen LogP contribution in [-0.2, 0) is 0 Å². The second kappa shape index (κ2) is 10.6. The number of nitrogens with zero attached hydrogens (tertiary/aromatic N) is 2. The Kier molecular flexibility index (Phi) is 6.56. The van der Waals surface area contributed by atoms with Crippen LogP contribution < -0.4 is 30.7 Å². The van der Waals surface area contributed by atoms with Crippen molar-refractivity contribution in [3.63, 3.8) is 0 Å². The number of amides is 4. The molecule has 46 heavy (non-hydrogen) atoms. The van der Waals surface area contributed by atoms with Gasteiger partial charge in [-0.2, -0.15) is 0 Å². The lowest BCUT2D eigenvalue weighted by molar-refractivity contribution is 0.0908. The lowest BCUT2D eigenvalue weighted by Crippen LogP contribution is -2.31. The largest absolute Gasteiger partial charge is 0.494 e. The van der Waals surface area contributed by atoms with Crippen molar-refractivity contribution in [1.29, 1.82) is 0 Å². The Balaban J connectivity index is 1.25. The first-order chi connectivity index (χ1) is 22.2. The van der Waals surface area contributed by atoms with Gasteiger partial charge < -0.3 is 20.9 Å². The predicted octanol–water partition coefficient (Wildman–Crippen LogP) is 5.80. The molecule has 0 bridgehead atoms. The van der Waals surface area contributed by atoms with Crippen LogP contribution in [0.15, 0.2) is 97.1 Å². The van der Waals surface area contributed by atoms with Gasteiger partial charge in [0.05, 0.1) is 47.8 Å². The molecule has 5 aromatic rings. The van der Waals surface area contributed by atoms with Crippen LogP contribution in [0, 0.1) is 0 Å². The number of fused-ring (bicyclic) bond motifs is 2. The van der Waals surface area contributed by atoms with E-state index in [4.69, 9.17) is 20.9 Å². The van der Waals surface area contributed by atoms with Gasteiger partial charge in [-0.05, 0) is 70.8 Å². The Hall–Kier alpha value is -6.42. The van der Waals surface area contributed by atoms with E-state index in [1.807, 2.05) is 24.3 Å². The van der Waals surface area contributed by atoms with Crippen LogP contribution in [0.25, 0.3) is 22.3 Å². The zero-order valence-electron chi connectivity index (χ0n) is 24.7. The second-order valence-corrected chi connectivity index (χ2v) is 10.9. The lowest BCUT2D eigenvalue weighted by atomic mass is 10.00. The van der Waals surface area contributed by atoms with Crippen LogP contribution in [0.5, 0.6) is 11.5 Å². The lowest BCUT2D eigenvalue weighted by Gasteiger charge is -2.23. The SMILES string of the molecule is COc1cc(N2C(=O)c3ccc(-c4ccc(N)cc4)cc3C2=O)c(OC)cc1N1C(=O)c2ccc(-c3ccc(N)cc3)cc2C1=O. The summed E-state index contributed by atoms with van der Waals surface area (Å²) in [6.07, 6.45) is 0. The Bertz CT molecular complexity index is 1970. The number of carbonyl (C=O) groups is 4. The molecule has 10 heteroatoms. The molecule has 0 radical (unpaired) electrons. The summed E-state index contributed by atoms with van der Waals surface area (Å²) >= 11 is 0.